The minimum atomic E-state index is -0.379. The Morgan fingerprint density at radius 1 is 1.22 bits per heavy atom. The number of aryl methyl sites for hydroxylation is 1. The zero-order valence-corrected chi connectivity index (χ0v) is 16.2. The van der Waals surface area contributed by atoms with Gasteiger partial charge in [-0.1, -0.05) is 61.3 Å². The number of aromatic amines is 1. The highest BCUT2D eigenvalue weighted by Crippen LogP contribution is 2.22. The number of hydrogen-bond donors (Lipinski definition) is 2. The maximum absolute atomic E-state index is 12.4. The van der Waals surface area contributed by atoms with Gasteiger partial charge in [0.15, 0.2) is 5.82 Å². The molecule has 27 heavy (non-hydrogen) atoms. The first-order chi connectivity index (χ1) is 12.8. The van der Waals surface area contributed by atoms with Crippen molar-refractivity contribution in [3.8, 4) is 17.1 Å². The van der Waals surface area contributed by atoms with Gasteiger partial charge in [0.1, 0.15) is 0 Å². The number of nitrogens with zero attached hydrogens (tertiary/aromatic N) is 2. The number of carbonyl (C=O) groups excluding carboxylic acids is 1. The number of aromatic nitrogens is 3. The number of benzene rings is 2. The van der Waals surface area contributed by atoms with E-state index in [2.05, 4.69) is 15.4 Å². The van der Waals surface area contributed by atoms with E-state index in [1.54, 1.807) is 12.1 Å². The zero-order valence-electron chi connectivity index (χ0n) is 15.4. The molecule has 6 nitrogen and oxygen atoms in total. The zero-order chi connectivity index (χ0) is 19.6. The molecule has 2 aromatic carbocycles. The monoisotopic (exact) mass is 384 g/mol. The van der Waals surface area contributed by atoms with Gasteiger partial charge in [0.2, 0.25) is 5.91 Å². The predicted octanol–water partition coefficient (Wildman–Crippen LogP) is 3.46. The molecule has 1 heterocycles. The number of carbonyl (C=O) groups is 1. The quantitative estimate of drug-likeness (QED) is 0.706. The van der Waals surface area contributed by atoms with Gasteiger partial charge in [-0.15, -0.1) is 5.10 Å². The molecule has 0 saturated carbocycles. The summed E-state index contributed by atoms with van der Waals surface area (Å²) in [5, 5.41) is 7.63. The summed E-state index contributed by atoms with van der Waals surface area (Å²) in [4.78, 5) is 26.9. The van der Waals surface area contributed by atoms with Gasteiger partial charge in [0.25, 0.3) is 0 Å². The Bertz CT molecular complexity index is 1020. The van der Waals surface area contributed by atoms with Crippen molar-refractivity contribution in [2.75, 3.05) is 0 Å². The minimum Gasteiger partial charge on any atom is -0.352 e. The summed E-state index contributed by atoms with van der Waals surface area (Å²) in [6.45, 7) is 6.01. The average Bonchev–Trinajstić information content (AvgIpc) is 3.02. The Balaban J connectivity index is 1.92. The van der Waals surface area contributed by atoms with E-state index < -0.39 is 0 Å². The topological polar surface area (TPSA) is 79.8 Å². The molecular weight excluding hydrogens is 364 g/mol. The van der Waals surface area contributed by atoms with Gasteiger partial charge in [-0.2, -0.15) is 4.68 Å². The Kier molecular flexibility index (Phi) is 5.46. The van der Waals surface area contributed by atoms with Crippen LogP contribution in [0.2, 0.25) is 5.02 Å². The third-order valence-electron chi connectivity index (χ3n) is 4.17. The fraction of sp³-hybridized carbons (Fsp3) is 0.250. The molecule has 1 aromatic heterocycles. The van der Waals surface area contributed by atoms with E-state index in [1.165, 1.54) is 4.68 Å². The van der Waals surface area contributed by atoms with E-state index in [9.17, 15) is 9.59 Å². The molecule has 0 bridgehead atoms. The van der Waals surface area contributed by atoms with Crippen molar-refractivity contribution in [1.82, 2.24) is 20.1 Å². The second kappa shape index (κ2) is 7.80. The van der Waals surface area contributed by atoms with Crippen molar-refractivity contribution in [2.24, 2.45) is 5.92 Å². The van der Waals surface area contributed by atoms with Crippen molar-refractivity contribution in [2.45, 2.75) is 27.3 Å². The van der Waals surface area contributed by atoms with Crippen LogP contribution in [-0.2, 0) is 11.3 Å². The van der Waals surface area contributed by atoms with Gasteiger partial charge in [-0.25, -0.2) is 4.79 Å². The van der Waals surface area contributed by atoms with E-state index in [1.807, 2.05) is 51.1 Å². The lowest BCUT2D eigenvalue weighted by molar-refractivity contribution is -0.124. The Labute approximate surface area is 162 Å². The maximum atomic E-state index is 12.4. The molecule has 140 valence electrons. The summed E-state index contributed by atoms with van der Waals surface area (Å²) in [6, 6.07) is 13.0. The van der Waals surface area contributed by atoms with Crippen LogP contribution in [0.5, 0.6) is 0 Å². The molecule has 0 fully saturated rings. The van der Waals surface area contributed by atoms with E-state index in [0.29, 0.717) is 23.1 Å². The summed E-state index contributed by atoms with van der Waals surface area (Å²) in [6.07, 6.45) is 0. The molecule has 0 spiro atoms. The lowest BCUT2D eigenvalue weighted by atomic mass is 10.1. The predicted molar refractivity (Wildman–Crippen MR) is 106 cm³/mol. The smallest absolute Gasteiger partial charge is 0.348 e. The molecule has 0 aliphatic carbocycles. The molecule has 3 aromatic rings. The van der Waals surface area contributed by atoms with Crippen molar-refractivity contribution >= 4 is 17.5 Å². The first-order valence-corrected chi connectivity index (χ1v) is 9.06. The summed E-state index contributed by atoms with van der Waals surface area (Å²) >= 11 is 6.29. The number of halogens is 1. The lowest BCUT2D eigenvalue weighted by Gasteiger charge is -2.10. The number of H-pyrrole nitrogens is 1. The third kappa shape index (κ3) is 4.28. The van der Waals surface area contributed by atoms with Gasteiger partial charge in [0.05, 0.1) is 10.7 Å². The Hall–Kier alpha value is -2.86. The number of amides is 1. The van der Waals surface area contributed by atoms with Crippen molar-refractivity contribution in [3.63, 3.8) is 0 Å². The van der Waals surface area contributed by atoms with Crippen LogP contribution >= 0.6 is 11.6 Å². The molecule has 3 rings (SSSR count). The SMILES string of the molecule is Cc1ccc(-c2nn(-c3cc(CNC(=O)C(C)C)ccc3Cl)c(=O)[nH]2)cc1. The molecule has 7 heteroatoms. The fourth-order valence-electron chi connectivity index (χ4n) is 2.55. The summed E-state index contributed by atoms with van der Waals surface area (Å²) in [7, 11) is 0. The fourth-order valence-corrected chi connectivity index (χ4v) is 2.75. The number of hydrogen-bond acceptors (Lipinski definition) is 3. The Morgan fingerprint density at radius 2 is 1.93 bits per heavy atom. The van der Waals surface area contributed by atoms with Gasteiger partial charge in [-0.3, -0.25) is 9.78 Å². The van der Waals surface area contributed by atoms with Crippen molar-refractivity contribution in [1.29, 1.82) is 0 Å². The van der Waals surface area contributed by atoms with E-state index >= 15 is 0 Å². The van der Waals surface area contributed by atoms with Crippen LogP contribution in [0, 0.1) is 12.8 Å². The summed E-state index contributed by atoms with van der Waals surface area (Å²) < 4.78 is 1.24. The summed E-state index contributed by atoms with van der Waals surface area (Å²) in [5.41, 5.74) is 2.85. The molecule has 0 atom stereocenters. The van der Waals surface area contributed by atoms with Crippen LogP contribution < -0.4 is 11.0 Å². The highest BCUT2D eigenvalue weighted by molar-refractivity contribution is 6.32. The molecule has 0 radical (unpaired) electrons. The van der Waals surface area contributed by atoms with Crippen LogP contribution in [0.4, 0.5) is 0 Å². The lowest BCUT2D eigenvalue weighted by Crippen LogP contribution is -2.27. The molecule has 0 aliphatic rings. The van der Waals surface area contributed by atoms with E-state index in [-0.39, 0.29) is 17.5 Å². The van der Waals surface area contributed by atoms with Crippen LogP contribution in [0.15, 0.2) is 47.3 Å². The van der Waals surface area contributed by atoms with Crippen molar-refractivity contribution in [3.05, 3.63) is 69.1 Å². The number of nitrogens with one attached hydrogen (secondary N) is 2. The highest BCUT2D eigenvalue weighted by Gasteiger charge is 2.13. The number of rotatable bonds is 5. The summed E-state index contributed by atoms with van der Waals surface area (Å²) in [5.74, 6) is 0.336. The van der Waals surface area contributed by atoms with Crippen LogP contribution in [0.1, 0.15) is 25.0 Å². The Morgan fingerprint density at radius 3 is 2.59 bits per heavy atom. The largest absolute Gasteiger partial charge is 0.352 e. The first kappa shape index (κ1) is 18.9. The van der Waals surface area contributed by atoms with Gasteiger partial charge < -0.3 is 5.32 Å². The van der Waals surface area contributed by atoms with Gasteiger partial charge >= 0.3 is 5.69 Å². The standard InChI is InChI=1S/C20H21ClN4O2/c1-12(2)19(26)22-11-14-6-9-16(21)17(10-14)25-20(27)23-18(24-25)15-7-4-13(3)5-8-15/h4-10,12H,11H2,1-3H3,(H,22,26)(H,23,24,27). The second-order valence-electron chi connectivity index (χ2n) is 6.71. The maximum Gasteiger partial charge on any atom is 0.348 e. The van der Waals surface area contributed by atoms with Gasteiger partial charge in [0, 0.05) is 18.0 Å². The average molecular weight is 385 g/mol. The van der Waals surface area contributed by atoms with E-state index in [4.69, 9.17) is 11.6 Å². The van der Waals surface area contributed by atoms with Crippen LogP contribution in [0.3, 0.4) is 0 Å². The van der Waals surface area contributed by atoms with Crippen LogP contribution in [0.25, 0.3) is 17.1 Å². The first-order valence-electron chi connectivity index (χ1n) is 8.68. The molecule has 0 saturated heterocycles. The van der Waals surface area contributed by atoms with Crippen molar-refractivity contribution < 1.29 is 4.79 Å². The highest BCUT2D eigenvalue weighted by atomic mass is 35.5. The molecular formula is C20H21ClN4O2. The second-order valence-corrected chi connectivity index (χ2v) is 7.12. The van der Waals surface area contributed by atoms with Crippen LogP contribution in [-0.4, -0.2) is 20.7 Å². The van der Waals surface area contributed by atoms with E-state index in [0.717, 1.165) is 16.7 Å². The molecule has 2 N–H and O–H groups in total. The third-order valence-corrected chi connectivity index (χ3v) is 4.49. The molecule has 0 unspecified atom stereocenters. The minimum absolute atomic E-state index is 0.0370. The molecule has 1 amide bonds. The normalized spacial score (nSPS) is 11.0. The molecule has 0 aliphatic heterocycles. The van der Waals surface area contributed by atoms with Gasteiger partial charge in [-0.05, 0) is 24.6 Å².